The summed E-state index contributed by atoms with van der Waals surface area (Å²) in [6, 6.07) is 42.2. The van der Waals surface area contributed by atoms with E-state index in [0.717, 1.165) is 5.39 Å². The third-order valence-electron chi connectivity index (χ3n) is 18.3. The topological polar surface area (TPSA) is 0 Å². The van der Waals surface area contributed by atoms with Gasteiger partial charge in [0.05, 0.1) is 0 Å². The van der Waals surface area contributed by atoms with Crippen LogP contribution in [0.15, 0.2) is 191 Å². The first-order chi connectivity index (χ1) is 35.2. The van der Waals surface area contributed by atoms with Gasteiger partial charge < -0.3 is 0 Å². The minimum absolute atomic E-state index is 0.00489. The Kier molecular flexibility index (Phi) is 9.46. The van der Waals surface area contributed by atoms with Crippen molar-refractivity contribution in [3.05, 3.63) is 242 Å². The Morgan fingerprint density at radius 3 is 1.61 bits per heavy atom. The van der Waals surface area contributed by atoms with Gasteiger partial charge in [-0.05, 0) is 156 Å². The summed E-state index contributed by atoms with van der Waals surface area (Å²) in [5.41, 5.74) is 25.2. The van der Waals surface area contributed by atoms with Crippen molar-refractivity contribution in [2.45, 2.75) is 93.9 Å². The van der Waals surface area contributed by atoms with E-state index in [0.29, 0.717) is 0 Å². The van der Waals surface area contributed by atoms with Crippen LogP contribution < -0.4 is 0 Å². The fraction of sp³-hybridized carbons (Fsp3) is 0.297. The first kappa shape index (κ1) is 45.7. The summed E-state index contributed by atoms with van der Waals surface area (Å²) in [5, 5.41) is 7.85. The molecular formula is C74H68. The SMILES string of the molecule is CC(C)(C)C1=CC2C=CC(C(C)(C)C)=CC2C(C2=CC3=C(C=C(c4cc(C(C)(C)C)cc5ccc(C(C)(C)C)cc45)C4C=C5C(=CC34)c3cccc4cccc5c34)C3C=C4C(=CC23)c2cccc3c#ccc4c23)=C1. The van der Waals surface area contributed by atoms with Crippen LogP contribution in [-0.2, 0) is 10.8 Å². The molecule has 74 heavy (non-hydrogen) atoms. The van der Waals surface area contributed by atoms with Crippen molar-refractivity contribution >= 4 is 60.2 Å². The van der Waals surface area contributed by atoms with Gasteiger partial charge in [0, 0.05) is 46.3 Å². The molecular weight excluding hydrogens is 889 g/mol. The van der Waals surface area contributed by atoms with E-state index >= 15 is 0 Å². The smallest absolute Gasteiger partial charge is 0.0333 e. The second-order valence-corrected chi connectivity index (χ2v) is 27.1. The molecule has 0 N–H and O–H groups in total. The Morgan fingerprint density at radius 2 is 0.973 bits per heavy atom. The predicted octanol–water partition coefficient (Wildman–Crippen LogP) is 19.1. The number of fused-ring (bicyclic) bond motifs is 12. The molecule has 0 saturated carbocycles. The molecule has 6 unspecified atom stereocenters. The molecule has 8 aliphatic carbocycles. The Labute approximate surface area is 440 Å². The molecule has 0 aromatic heterocycles. The second-order valence-electron chi connectivity index (χ2n) is 27.1. The van der Waals surface area contributed by atoms with Crippen LogP contribution in [-0.4, -0.2) is 0 Å². The Hall–Kier alpha value is -6.94. The van der Waals surface area contributed by atoms with Crippen LogP contribution in [0.25, 0.3) is 60.2 Å². The fourth-order valence-electron chi connectivity index (χ4n) is 14.2. The third-order valence-corrected chi connectivity index (χ3v) is 18.3. The normalized spacial score (nSPS) is 24.5. The van der Waals surface area contributed by atoms with Gasteiger partial charge in [-0.25, -0.2) is 0 Å². The van der Waals surface area contributed by atoms with Gasteiger partial charge in [-0.3, -0.25) is 0 Å². The van der Waals surface area contributed by atoms with Gasteiger partial charge in [-0.15, -0.1) is 0 Å². The zero-order valence-corrected chi connectivity index (χ0v) is 45.5. The van der Waals surface area contributed by atoms with Crippen LogP contribution in [0.2, 0.25) is 0 Å². The van der Waals surface area contributed by atoms with Crippen molar-refractivity contribution in [2.24, 2.45) is 46.3 Å². The third kappa shape index (κ3) is 6.74. The van der Waals surface area contributed by atoms with E-state index in [4.69, 9.17) is 0 Å². The summed E-state index contributed by atoms with van der Waals surface area (Å²) < 4.78 is 0. The number of allylic oxidation sites excluding steroid dienone is 22. The van der Waals surface area contributed by atoms with Crippen LogP contribution in [0, 0.1) is 58.5 Å². The number of hydrogen-bond donors (Lipinski definition) is 0. The zero-order valence-electron chi connectivity index (χ0n) is 45.5. The molecule has 0 heteroatoms. The minimum atomic E-state index is -0.0391. The van der Waals surface area contributed by atoms with Gasteiger partial charge in [-0.2, -0.15) is 0 Å². The van der Waals surface area contributed by atoms with E-state index in [1.165, 1.54) is 127 Å². The van der Waals surface area contributed by atoms with Crippen LogP contribution in [0.3, 0.4) is 0 Å². The minimum Gasteiger partial charge on any atom is -0.0764 e. The summed E-state index contributed by atoms with van der Waals surface area (Å²) in [5.74, 6) is 0.983. The van der Waals surface area contributed by atoms with E-state index in [1.807, 2.05) is 0 Å². The van der Waals surface area contributed by atoms with Crippen LogP contribution in [0.1, 0.15) is 122 Å². The summed E-state index contributed by atoms with van der Waals surface area (Å²) >= 11 is 0. The molecule has 14 rings (SSSR count). The Balaban J connectivity index is 1.09. The van der Waals surface area contributed by atoms with Gasteiger partial charge in [0.15, 0.2) is 0 Å². The van der Waals surface area contributed by atoms with Gasteiger partial charge in [0.1, 0.15) is 0 Å². The van der Waals surface area contributed by atoms with Crippen molar-refractivity contribution in [3.63, 3.8) is 0 Å². The lowest BCUT2D eigenvalue weighted by Gasteiger charge is -2.45. The molecule has 0 amide bonds. The molecule has 0 bridgehead atoms. The van der Waals surface area contributed by atoms with E-state index in [-0.39, 0.29) is 57.2 Å². The van der Waals surface area contributed by atoms with Crippen molar-refractivity contribution in [1.29, 1.82) is 0 Å². The van der Waals surface area contributed by atoms with Crippen molar-refractivity contribution in [2.75, 3.05) is 0 Å². The van der Waals surface area contributed by atoms with Gasteiger partial charge in [-0.1, -0.05) is 241 Å². The summed E-state index contributed by atoms with van der Waals surface area (Å²) in [7, 11) is 0. The lowest BCUT2D eigenvalue weighted by atomic mass is 9.58. The van der Waals surface area contributed by atoms with E-state index < -0.39 is 0 Å². The molecule has 0 saturated heterocycles. The van der Waals surface area contributed by atoms with Gasteiger partial charge >= 0.3 is 0 Å². The van der Waals surface area contributed by atoms with Crippen LogP contribution >= 0.6 is 0 Å². The van der Waals surface area contributed by atoms with Crippen LogP contribution in [0.4, 0.5) is 0 Å². The first-order valence-electron chi connectivity index (χ1n) is 27.6. The molecule has 6 aromatic carbocycles. The molecule has 0 heterocycles. The molecule has 6 aromatic rings. The molecule has 364 valence electrons. The molecule has 0 fully saturated rings. The van der Waals surface area contributed by atoms with E-state index in [9.17, 15) is 0 Å². The van der Waals surface area contributed by atoms with E-state index in [1.54, 1.807) is 0 Å². The first-order valence-corrected chi connectivity index (χ1v) is 27.6. The highest BCUT2D eigenvalue weighted by Gasteiger charge is 2.46. The lowest BCUT2D eigenvalue weighted by molar-refractivity contribution is 0.472. The van der Waals surface area contributed by atoms with E-state index in [2.05, 4.69) is 253 Å². The van der Waals surface area contributed by atoms with Crippen LogP contribution in [0.5, 0.6) is 0 Å². The maximum atomic E-state index is 3.50. The average molecular weight is 957 g/mol. The largest absolute Gasteiger partial charge is 0.0764 e. The van der Waals surface area contributed by atoms with Crippen molar-refractivity contribution in [1.82, 2.24) is 0 Å². The fourth-order valence-corrected chi connectivity index (χ4v) is 14.2. The molecule has 0 aliphatic heterocycles. The average Bonchev–Trinajstić information content (AvgIpc) is 3.87. The highest BCUT2D eigenvalue weighted by Crippen LogP contribution is 2.61. The molecule has 0 spiro atoms. The Morgan fingerprint density at radius 1 is 0.405 bits per heavy atom. The van der Waals surface area contributed by atoms with Gasteiger partial charge in [0.2, 0.25) is 0 Å². The molecule has 6 atom stereocenters. The predicted molar refractivity (Wildman–Crippen MR) is 315 cm³/mol. The quantitative estimate of drug-likeness (QED) is 0.162. The number of hydrogen-bond acceptors (Lipinski definition) is 0. The lowest BCUT2D eigenvalue weighted by Crippen LogP contribution is -2.33. The monoisotopic (exact) mass is 957 g/mol. The zero-order chi connectivity index (χ0) is 51.1. The molecule has 8 aliphatic rings. The maximum Gasteiger partial charge on any atom is 0.0333 e. The summed E-state index contributed by atoms with van der Waals surface area (Å²) in [6.45, 7) is 28.5. The van der Waals surface area contributed by atoms with Crippen molar-refractivity contribution < 1.29 is 0 Å². The highest BCUT2D eigenvalue weighted by atomic mass is 14.5. The summed E-state index contributed by atoms with van der Waals surface area (Å²) in [6.07, 6.45) is 29.2. The Bertz CT molecular complexity index is 3910. The number of rotatable bonds is 2. The summed E-state index contributed by atoms with van der Waals surface area (Å²) in [4.78, 5) is 0. The molecule has 0 nitrogen and oxygen atoms in total. The maximum absolute atomic E-state index is 3.50. The second kappa shape index (κ2) is 15.3. The number of benzene rings is 5. The highest BCUT2D eigenvalue weighted by molar-refractivity contribution is 6.24. The van der Waals surface area contributed by atoms with Crippen molar-refractivity contribution in [3.8, 4) is 0 Å². The van der Waals surface area contributed by atoms with Gasteiger partial charge in [0.25, 0.3) is 0 Å². The standard InChI is InChI=1S/C74H68/c1-71(2,3)45-27-25-43-29-47(73(7,8)9)33-55(53(43)31-45)61-39-67-66-38-60-52-24-16-20-42-18-14-22-50(70(42)52)58(60)36-64(66)62(56-34-48(74(10,11)12)30-44-26-28-46(32-54(44)56)72(4,5)6)40-68(67)65-37-59-51-23-15-19-41-17-13-21-49(69(41)51)57(59)35-63(61)65/h13-15,17-19,21-40,44,54,63-66H,1-12H3. The molecule has 0 radical (unpaired) electrons.